The summed E-state index contributed by atoms with van der Waals surface area (Å²) >= 11 is 0. The second-order valence-electron chi connectivity index (χ2n) is 17.9. The lowest BCUT2D eigenvalue weighted by molar-refractivity contribution is -0.246. The quantitative estimate of drug-likeness (QED) is 0.105. The third-order valence-corrected chi connectivity index (χ3v) is 15.9. The van der Waals surface area contributed by atoms with Gasteiger partial charge in [0.1, 0.15) is 0 Å². The van der Waals surface area contributed by atoms with Gasteiger partial charge in [-0.05, 0) is 98.3 Å². The molecule has 0 spiro atoms. The summed E-state index contributed by atoms with van der Waals surface area (Å²) in [6.45, 7) is 25.0. The van der Waals surface area contributed by atoms with Crippen molar-refractivity contribution < 1.29 is 19.3 Å². The summed E-state index contributed by atoms with van der Waals surface area (Å²) in [4.78, 5) is 0. The lowest BCUT2D eigenvalue weighted by atomic mass is 9.34. The van der Waals surface area contributed by atoms with Gasteiger partial charge in [0.15, 0.2) is 0 Å². The Morgan fingerprint density at radius 1 is 1.04 bits per heavy atom. The predicted molar refractivity (Wildman–Crippen MR) is 180 cm³/mol. The van der Waals surface area contributed by atoms with Crippen molar-refractivity contribution in [3.8, 4) is 0 Å². The van der Waals surface area contributed by atoms with Crippen LogP contribution in [-0.2, 0) is 14.2 Å². The lowest BCUT2D eigenvalue weighted by Crippen LogP contribution is -2.72. The Balaban J connectivity index is 1.36. The van der Waals surface area contributed by atoms with Crippen LogP contribution in [0.25, 0.3) is 0 Å². The number of hydrazine groups is 1. The highest BCUT2D eigenvalue weighted by Gasteiger charge is 2.71. The van der Waals surface area contributed by atoms with Crippen molar-refractivity contribution in [2.75, 3.05) is 40.1 Å². The number of fused-ring (bicyclic) bond motifs is 3. The maximum absolute atomic E-state index is 11.4. The first-order chi connectivity index (χ1) is 21.2. The Labute approximate surface area is 273 Å². The average Bonchev–Trinajstić information content (AvgIpc) is 3.00. The summed E-state index contributed by atoms with van der Waals surface area (Å²) in [6.07, 6.45) is 11.1. The monoisotopic (exact) mass is 627 g/mol. The van der Waals surface area contributed by atoms with Crippen LogP contribution in [0.5, 0.6) is 0 Å². The molecule has 0 amide bonds. The van der Waals surface area contributed by atoms with Gasteiger partial charge in [0.25, 0.3) is 0 Å². The molecular weight excluding hydrogens is 562 g/mol. The summed E-state index contributed by atoms with van der Waals surface area (Å²) in [7, 11) is 2.06. The predicted octanol–water partition coefficient (Wildman–Crippen LogP) is 6.55. The Hall–Kier alpha value is -0.960. The molecule has 2 saturated heterocycles. The molecular formula is C38H65N3O4. The SMILES string of the molecule is C=C(O)[C@@H]1[C@@](C)([C@H](C)C(C)C)CC[C@]2(C)[C@H]3CC[C@@H]4[C@@]5(COC[C@]4(C)[C@@H](OCC4(NC)CCOCC4)[C@H](NN)C5)C3=CC[C@@]12C. The van der Waals surface area contributed by atoms with Crippen LogP contribution in [0.4, 0.5) is 0 Å². The Morgan fingerprint density at radius 3 is 2.38 bits per heavy atom. The largest absolute Gasteiger partial charge is 0.513 e. The minimum atomic E-state index is -0.138. The second-order valence-corrected chi connectivity index (χ2v) is 17.9. The molecule has 256 valence electrons. The first-order valence-corrected chi connectivity index (χ1v) is 18.2. The molecule has 0 aromatic carbocycles. The summed E-state index contributed by atoms with van der Waals surface area (Å²) in [5, 5.41) is 15.0. The van der Waals surface area contributed by atoms with E-state index in [4.69, 9.17) is 20.1 Å². The fourth-order valence-electron chi connectivity index (χ4n) is 12.8. The van der Waals surface area contributed by atoms with Crippen LogP contribution in [0.3, 0.4) is 0 Å². The van der Waals surface area contributed by atoms with Crippen molar-refractivity contribution in [3.63, 3.8) is 0 Å². The number of hydrogen-bond acceptors (Lipinski definition) is 7. The van der Waals surface area contributed by atoms with E-state index in [0.717, 1.165) is 51.9 Å². The van der Waals surface area contributed by atoms with Gasteiger partial charge in [0.2, 0.25) is 0 Å². The standard InChI is InChI=1S/C38H65N3O4/c1-24(2)25(3)33(5)14-15-35(7)27-10-11-30-34(6)21-44-23-38(30,28(27)12-13-36(35,8)31(33)26(4)42)20-29(41-39)32(34)45-22-37(40-9)16-18-43-19-17-37/h12,24-25,27,29-32,40-42H,4,10-11,13-23,39H2,1-3,5-9H3/t25-,27+,29-,30+,31-,32+,33-,34+,35-,36+,38+/m1/s1. The highest BCUT2D eigenvalue weighted by molar-refractivity contribution is 5.36. The number of allylic oxidation sites excluding steroid dienone is 2. The van der Waals surface area contributed by atoms with E-state index >= 15 is 0 Å². The molecule has 11 atom stereocenters. The molecule has 2 bridgehead atoms. The smallest absolute Gasteiger partial charge is 0.0893 e. The molecule has 4 aliphatic carbocycles. The number of likely N-dealkylation sites (N-methyl/N-ethyl adjacent to an activating group) is 1. The molecule has 0 aromatic rings. The number of ether oxygens (including phenoxy) is 3. The highest BCUT2D eigenvalue weighted by atomic mass is 16.5. The summed E-state index contributed by atoms with van der Waals surface area (Å²) in [6, 6.07) is 0.0520. The topological polar surface area (TPSA) is 98.0 Å². The van der Waals surface area contributed by atoms with Gasteiger partial charge in [-0.1, -0.05) is 66.7 Å². The van der Waals surface area contributed by atoms with Crippen LogP contribution in [-0.4, -0.2) is 62.9 Å². The van der Waals surface area contributed by atoms with Crippen LogP contribution in [0.2, 0.25) is 0 Å². The van der Waals surface area contributed by atoms with Gasteiger partial charge in [-0.3, -0.25) is 11.3 Å². The molecule has 3 saturated carbocycles. The normalized spacial score (nSPS) is 48.0. The minimum Gasteiger partial charge on any atom is -0.513 e. The van der Waals surface area contributed by atoms with Gasteiger partial charge >= 0.3 is 0 Å². The fraction of sp³-hybridized carbons (Fsp3) is 0.895. The van der Waals surface area contributed by atoms with E-state index in [1.165, 1.54) is 19.3 Å². The second kappa shape index (κ2) is 11.6. The molecule has 7 nitrogen and oxygen atoms in total. The zero-order chi connectivity index (χ0) is 32.6. The maximum Gasteiger partial charge on any atom is 0.0893 e. The molecule has 7 heteroatoms. The van der Waals surface area contributed by atoms with E-state index in [0.29, 0.717) is 42.6 Å². The van der Waals surface area contributed by atoms with Crippen LogP contribution in [0.1, 0.15) is 99.8 Å². The van der Waals surface area contributed by atoms with Crippen LogP contribution < -0.4 is 16.6 Å². The Bertz CT molecular complexity index is 1170. The molecule has 5 N–H and O–H groups in total. The van der Waals surface area contributed by atoms with Crippen molar-refractivity contribution in [2.45, 2.75) is 118 Å². The molecule has 0 unspecified atom stereocenters. The first kappa shape index (κ1) is 33.9. The van der Waals surface area contributed by atoms with Gasteiger partial charge in [0.05, 0.1) is 31.7 Å². The van der Waals surface area contributed by atoms with Crippen molar-refractivity contribution in [2.24, 2.45) is 62.5 Å². The molecule has 0 radical (unpaired) electrons. The molecule has 6 rings (SSSR count). The number of rotatable bonds is 8. The Morgan fingerprint density at radius 2 is 1.76 bits per heavy atom. The van der Waals surface area contributed by atoms with Gasteiger partial charge in [-0.2, -0.15) is 0 Å². The van der Waals surface area contributed by atoms with E-state index in [1.807, 2.05) is 0 Å². The van der Waals surface area contributed by atoms with Gasteiger partial charge in [0, 0.05) is 41.5 Å². The third kappa shape index (κ3) is 4.71. The zero-order valence-corrected chi connectivity index (χ0v) is 29.8. The van der Waals surface area contributed by atoms with Crippen LogP contribution in [0, 0.1) is 56.7 Å². The number of hydrogen-bond donors (Lipinski definition) is 4. The molecule has 5 fully saturated rings. The molecule has 45 heavy (non-hydrogen) atoms. The van der Waals surface area contributed by atoms with E-state index in [-0.39, 0.29) is 50.7 Å². The van der Waals surface area contributed by atoms with E-state index in [1.54, 1.807) is 5.57 Å². The molecule has 0 aromatic heterocycles. The molecule has 2 aliphatic heterocycles. The fourth-order valence-corrected chi connectivity index (χ4v) is 12.8. The summed E-state index contributed by atoms with van der Waals surface area (Å²) in [5.74, 6) is 8.90. The van der Waals surface area contributed by atoms with E-state index in [2.05, 4.69) is 78.9 Å². The van der Waals surface area contributed by atoms with E-state index in [9.17, 15) is 5.11 Å². The van der Waals surface area contributed by atoms with Gasteiger partial charge in [-0.25, -0.2) is 0 Å². The van der Waals surface area contributed by atoms with Crippen molar-refractivity contribution in [1.29, 1.82) is 0 Å². The molecule has 2 heterocycles. The van der Waals surface area contributed by atoms with E-state index < -0.39 is 0 Å². The number of aliphatic hydroxyl groups is 1. The molecule has 6 aliphatic rings. The van der Waals surface area contributed by atoms with Crippen LogP contribution in [0.15, 0.2) is 24.0 Å². The van der Waals surface area contributed by atoms with Crippen molar-refractivity contribution in [3.05, 3.63) is 24.0 Å². The van der Waals surface area contributed by atoms with Crippen molar-refractivity contribution in [1.82, 2.24) is 10.7 Å². The first-order valence-electron chi connectivity index (χ1n) is 18.2. The van der Waals surface area contributed by atoms with Crippen molar-refractivity contribution >= 4 is 0 Å². The third-order valence-electron chi connectivity index (χ3n) is 15.9. The zero-order valence-electron chi connectivity index (χ0n) is 29.8. The lowest BCUT2D eigenvalue weighted by Gasteiger charge is -2.72. The average molecular weight is 628 g/mol. The number of nitrogens with two attached hydrogens (primary N) is 1. The van der Waals surface area contributed by atoms with Gasteiger partial charge < -0.3 is 24.6 Å². The minimum absolute atomic E-state index is 0.0146. The Kier molecular flexibility index (Phi) is 8.73. The number of nitrogens with one attached hydrogen (secondary N) is 2. The maximum atomic E-state index is 11.4. The summed E-state index contributed by atoms with van der Waals surface area (Å²) in [5.41, 5.74) is 4.68. The van der Waals surface area contributed by atoms with Crippen LogP contribution >= 0.6 is 0 Å². The summed E-state index contributed by atoms with van der Waals surface area (Å²) < 4.78 is 19.4. The highest BCUT2D eigenvalue weighted by Crippen LogP contribution is 2.75. The van der Waals surface area contributed by atoms with Gasteiger partial charge in [-0.15, -0.1) is 0 Å². The number of aliphatic hydroxyl groups excluding tert-OH is 1.